The van der Waals surface area contributed by atoms with Gasteiger partial charge in [0.05, 0.1) is 12.1 Å². The Kier molecular flexibility index (Phi) is 4.75. The summed E-state index contributed by atoms with van der Waals surface area (Å²) in [6.45, 7) is 5.48. The Balaban J connectivity index is 1.72. The molecule has 0 saturated carbocycles. The zero-order chi connectivity index (χ0) is 25.4. The number of para-hydroxylation sites is 1. The van der Waals surface area contributed by atoms with E-state index < -0.39 is 34.6 Å². The van der Waals surface area contributed by atoms with Gasteiger partial charge in [-0.2, -0.15) is 0 Å². The first-order valence-electron chi connectivity index (χ1n) is 12.2. The van der Waals surface area contributed by atoms with Crippen molar-refractivity contribution in [1.82, 2.24) is 0 Å². The van der Waals surface area contributed by atoms with Crippen LogP contribution in [0.1, 0.15) is 58.5 Å². The van der Waals surface area contributed by atoms with Crippen molar-refractivity contribution < 1.29 is 18.8 Å². The molecule has 0 N–H and O–H groups in total. The highest BCUT2D eigenvalue weighted by atomic mass is 19.1. The molecule has 0 radical (unpaired) electrons. The zero-order valence-corrected chi connectivity index (χ0v) is 20.4. The first-order valence-corrected chi connectivity index (χ1v) is 12.2. The molecule has 0 amide bonds. The normalized spacial score (nSPS) is 23.6. The first-order chi connectivity index (χ1) is 17.2. The van der Waals surface area contributed by atoms with Crippen molar-refractivity contribution >= 4 is 29.1 Å². The predicted octanol–water partition coefficient (Wildman–Crippen LogP) is 5.87. The molecule has 0 aromatic heterocycles. The maximum Gasteiger partial charge on any atom is 0.180 e. The average molecular weight is 480 g/mol. The molecule has 2 heterocycles. The summed E-state index contributed by atoms with van der Waals surface area (Å²) in [6, 6.07) is 19.0. The summed E-state index contributed by atoms with van der Waals surface area (Å²) >= 11 is 0. The van der Waals surface area contributed by atoms with E-state index >= 15 is 4.39 Å². The summed E-state index contributed by atoms with van der Waals surface area (Å²) in [4.78, 5) is 45.0. The summed E-state index contributed by atoms with van der Waals surface area (Å²) in [7, 11) is 0. The number of hydrogen-bond donors (Lipinski definition) is 0. The van der Waals surface area contributed by atoms with E-state index in [1.807, 2.05) is 62.1 Å². The van der Waals surface area contributed by atoms with E-state index in [1.165, 1.54) is 6.07 Å². The van der Waals surface area contributed by atoms with Gasteiger partial charge < -0.3 is 4.90 Å². The Hall–Kier alpha value is -3.86. The van der Waals surface area contributed by atoms with E-state index in [0.29, 0.717) is 11.1 Å². The molecule has 180 valence electrons. The lowest BCUT2D eigenvalue weighted by molar-refractivity contribution is -0.127. The van der Waals surface area contributed by atoms with Gasteiger partial charge in [-0.15, -0.1) is 0 Å². The lowest BCUT2D eigenvalue weighted by Gasteiger charge is -2.38. The number of carbonyl (C=O) groups excluding carboxylic acids is 3. The quantitative estimate of drug-likeness (QED) is 0.431. The van der Waals surface area contributed by atoms with Crippen LogP contribution in [-0.4, -0.2) is 29.4 Å². The van der Waals surface area contributed by atoms with Gasteiger partial charge in [0.25, 0.3) is 0 Å². The summed E-state index contributed by atoms with van der Waals surface area (Å²) in [5.74, 6) is -2.36. The number of halogens is 1. The van der Waals surface area contributed by atoms with Crippen LogP contribution in [0, 0.1) is 16.6 Å². The van der Waals surface area contributed by atoms with Gasteiger partial charge in [-0.25, -0.2) is 4.39 Å². The number of hydrogen-bond acceptors (Lipinski definition) is 4. The molecule has 2 aliphatic heterocycles. The molecule has 3 aromatic carbocycles. The molecular formula is C31H26FNO3. The Bertz CT molecular complexity index is 1450. The van der Waals surface area contributed by atoms with Gasteiger partial charge in [0.15, 0.2) is 17.3 Å². The summed E-state index contributed by atoms with van der Waals surface area (Å²) < 4.78 is 15.6. The molecule has 1 spiro atoms. The van der Waals surface area contributed by atoms with Gasteiger partial charge in [0, 0.05) is 28.1 Å². The SMILES string of the molecule is CC(C)(C)C(=O)[C@H]1[C@H](c2ccccc2F)C2(C(=O)c3ccccc3C2=O)[C@H]2C=Cc3ccccc3N12. The summed E-state index contributed by atoms with van der Waals surface area (Å²) in [5, 5.41) is 0. The molecule has 1 fully saturated rings. The minimum atomic E-state index is -1.67. The number of benzene rings is 3. The smallest absolute Gasteiger partial charge is 0.180 e. The van der Waals surface area contributed by atoms with Crippen LogP contribution in [-0.2, 0) is 4.79 Å². The maximum atomic E-state index is 15.6. The summed E-state index contributed by atoms with van der Waals surface area (Å²) in [6.07, 6.45) is 3.76. The summed E-state index contributed by atoms with van der Waals surface area (Å²) in [5.41, 5.74) is 0.0802. The molecule has 36 heavy (non-hydrogen) atoms. The number of nitrogens with zero attached hydrogens (tertiary/aromatic N) is 1. The van der Waals surface area contributed by atoms with Gasteiger partial charge in [-0.05, 0) is 23.3 Å². The number of ketones is 3. The van der Waals surface area contributed by atoms with Crippen molar-refractivity contribution in [2.45, 2.75) is 38.8 Å². The largest absolute Gasteiger partial charge is 0.352 e. The highest BCUT2D eigenvalue weighted by Gasteiger charge is 2.72. The third-order valence-corrected chi connectivity index (χ3v) is 7.96. The van der Waals surface area contributed by atoms with Gasteiger partial charge >= 0.3 is 0 Å². The fraction of sp³-hybridized carbons (Fsp3) is 0.258. The van der Waals surface area contributed by atoms with Crippen LogP contribution in [0.3, 0.4) is 0 Å². The third kappa shape index (κ3) is 2.77. The monoisotopic (exact) mass is 479 g/mol. The molecule has 0 bridgehead atoms. The topological polar surface area (TPSA) is 54.5 Å². The lowest BCUT2D eigenvalue weighted by Crippen LogP contribution is -2.49. The molecule has 6 rings (SSSR count). The molecule has 3 aliphatic rings. The third-order valence-electron chi connectivity index (χ3n) is 7.96. The highest BCUT2D eigenvalue weighted by Crippen LogP contribution is 2.61. The second-order valence-corrected chi connectivity index (χ2v) is 10.9. The molecule has 3 atom stereocenters. The van der Waals surface area contributed by atoms with Crippen LogP contribution in [0.2, 0.25) is 0 Å². The number of anilines is 1. The number of rotatable bonds is 2. The molecule has 5 heteroatoms. The highest BCUT2D eigenvalue weighted by molar-refractivity contribution is 6.32. The second kappa shape index (κ2) is 7.57. The fourth-order valence-corrected chi connectivity index (χ4v) is 6.43. The van der Waals surface area contributed by atoms with Gasteiger partial charge in [0.1, 0.15) is 11.2 Å². The Labute approximate surface area is 209 Å². The van der Waals surface area contributed by atoms with Gasteiger partial charge in [-0.3, -0.25) is 14.4 Å². The van der Waals surface area contributed by atoms with E-state index in [-0.39, 0.29) is 22.9 Å². The standard InChI is InChI=1S/C31H26FNO3/c1-30(2,3)29(36)26-25(21-13-7-8-14-22(21)32)31(27(34)19-11-5-6-12-20(19)28(31)35)24-17-16-18-10-4-9-15-23(18)33(24)26/h4-17,24-26H,1-3H3/t24-,25+,26-/m1/s1. The van der Waals surface area contributed by atoms with Crippen molar-refractivity contribution in [3.8, 4) is 0 Å². The number of Topliss-reactive ketones (excluding diaryl/α,β-unsaturated/α-hetero) is 3. The fourth-order valence-electron chi connectivity index (χ4n) is 6.43. The second-order valence-electron chi connectivity index (χ2n) is 10.9. The van der Waals surface area contributed by atoms with Crippen LogP contribution in [0.5, 0.6) is 0 Å². The van der Waals surface area contributed by atoms with Crippen molar-refractivity contribution in [3.63, 3.8) is 0 Å². The molecule has 0 unspecified atom stereocenters. The Morgan fingerprint density at radius 1 is 0.861 bits per heavy atom. The van der Waals surface area contributed by atoms with E-state index in [1.54, 1.807) is 42.5 Å². The van der Waals surface area contributed by atoms with E-state index in [0.717, 1.165) is 11.3 Å². The first kappa shape index (κ1) is 22.6. The minimum Gasteiger partial charge on any atom is -0.352 e. The average Bonchev–Trinajstić information content (AvgIpc) is 3.30. The predicted molar refractivity (Wildman–Crippen MR) is 137 cm³/mol. The van der Waals surface area contributed by atoms with Gasteiger partial charge in [0.2, 0.25) is 0 Å². The van der Waals surface area contributed by atoms with Crippen LogP contribution in [0.4, 0.5) is 10.1 Å². The number of fused-ring (bicyclic) bond motifs is 5. The minimum absolute atomic E-state index is 0.140. The number of carbonyl (C=O) groups is 3. The molecule has 3 aromatic rings. The van der Waals surface area contributed by atoms with Crippen LogP contribution in [0.25, 0.3) is 6.08 Å². The zero-order valence-electron chi connectivity index (χ0n) is 20.4. The maximum absolute atomic E-state index is 15.6. The van der Waals surface area contributed by atoms with E-state index in [2.05, 4.69) is 0 Å². The van der Waals surface area contributed by atoms with Gasteiger partial charge in [-0.1, -0.05) is 93.6 Å². The Morgan fingerprint density at radius 3 is 2.08 bits per heavy atom. The van der Waals surface area contributed by atoms with Crippen LogP contribution < -0.4 is 4.90 Å². The molecule has 1 saturated heterocycles. The van der Waals surface area contributed by atoms with Crippen LogP contribution >= 0.6 is 0 Å². The van der Waals surface area contributed by atoms with E-state index in [9.17, 15) is 14.4 Å². The Morgan fingerprint density at radius 2 is 1.44 bits per heavy atom. The van der Waals surface area contributed by atoms with Crippen molar-refractivity contribution in [3.05, 3.63) is 107 Å². The van der Waals surface area contributed by atoms with E-state index in [4.69, 9.17) is 0 Å². The molecule has 4 nitrogen and oxygen atoms in total. The van der Waals surface area contributed by atoms with Crippen LogP contribution in [0.15, 0.2) is 78.9 Å². The van der Waals surface area contributed by atoms with Crippen molar-refractivity contribution in [2.75, 3.05) is 4.90 Å². The molecular weight excluding hydrogens is 453 g/mol. The lowest BCUT2D eigenvalue weighted by atomic mass is 9.63. The molecule has 1 aliphatic carbocycles. The van der Waals surface area contributed by atoms with Crippen molar-refractivity contribution in [1.29, 1.82) is 0 Å². The van der Waals surface area contributed by atoms with Crippen molar-refractivity contribution in [2.24, 2.45) is 10.8 Å².